The van der Waals surface area contributed by atoms with Gasteiger partial charge < -0.3 is 19.7 Å². The Kier molecular flexibility index (Phi) is 7.46. The fourth-order valence-corrected chi connectivity index (χ4v) is 3.62. The van der Waals surface area contributed by atoms with Crippen LogP contribution >= 0.6 is 0 Å². The Morgan fingerprint density at radius 2 is 1.47 bits per heavy atom. The Morgan fingerprint density at radius 3 is 2.00 bits per heavy atom. The van der Waals surface area contributed by atoms with Crippen LogP contribution < -0.4 is 19.7 Å². The lowest BCUT2D eigenvalue weighted by atomic mass is 9.99. The lowest BCUT2D eigenvalue weighted by Gasteiger charge is -2.22. The predicted molar refractivity (Wildman–Crippen MR) is 118 cm³/mol. The van der Waals surface area contributed by atoms with E-state index < -0.39 is 0 Å². The number of likely N-dealkylation sites (N-methyl/N-ethyl adjacent to an activating group) is 1. The highest BCUT2D eigenvalue weighted by Crippen LogP contribution is 2.30. The highest BCUT2D eigenvalue weighted by Gasteiger charge is 2.20. The quantitative estimate of drug-likeness (QED) is 0.576. The van der Waals surface area contributed by atoms with Gasteiger partial charge in [0.25, 0.3) is 5.91 Å². The number of carbonyl (C=O) groups is 1. The first-order valence-electron chi connectivity index (χ1n) is 10.0. The molecule has 0 spiro atoms. The van der Waals surface area contributed by atoms with E-state index in [9.17, 15) is 4.79 Å². The topological polar surface area (TPSA) is 52.0 Å². The van der Waals surface area contributed by atoms with E-state index in [4.69, 9.17) is 9.47 Å². The molecule has 0 radical (unpaired) electrons. The number of carbonyl (C=O) groups excluding carboxylic acids is 1. The number of benzene rings is 3. The Balaban J connectivity index is 1.70. The summed E-state index contributed by atoms with van der Waals surface area (Å²) in [7, 11) is 5.26. The highest BCUT2D eigenvalue weighted by atomic mass is 16.5. The van der Waals surface area contributed by atoms with Gasteiger partial charge in [-0.1, -0.05) is 66.7 Å². The second-order valence-corrected chi connectivity index (χ2v) is 7.29. The van der Waals surface area contributed by atoms with Crippen molar-refractivity contribution in [2.24, 2.45) is 0 Å². The van der Waals surface area contributed by atoms with Crippen LogP contribution in [0.25, 0.3) is 0 Å². The average molecular weight is 406 g/mol. The van der Waals surface area contributed by atoms with E-state index >= 15 is 0 Å². The molecular weight excluding hydrogens is 376 g/mol. The van der Waals surface area contributed by atoms with Crippen molar-refractivity contribution in [1.82, 2.24) is 5.32 Å². The maximum absolute atomic E-state index is 12.9. The van der Waals surface area contributed by atoms with Crippen molar-refractivity contribution in [3.8, 4) is 11.5 Å². The van der Waals surface area contributed by atoms with Gasteiger partial charge >= 0.3 is 0 Å². The second-order valence-electron chi connectivity index (χ2n) is 7.29. The molecule has 1 amide bonds. The van der Waals surface area contributed by atoms with Crippen LogP contribution in [0.3, 0.4) is 0 Å². The molecule has 5 heteroatoms. The van der Waals surface area contributed by atoms with Crippen molar-refractivity contribution in [2.45, 2.75) is 12.6 Å². The number of amides is 1. The molecule has 3 aromatic rings. The molecule has 2 N–H and O–H groups in total. The van der Waals surface area contributed by atoms with Crippen LogP contribution in [0, 0.1) is 0 Å². The van der Waals surface area contributed by atoms with Crippen LogP contribution in [-0.4, -0.2) is 33.7 Å². The monoisotopic (exact) mass is 405 g/mol. The molecular formula is C25H29N2O3+. The summed E-state index contributed by atoms with van der Waals surface area (Å²) in [5.74, 6) is 1.40. The number of ether oxygens (including phenoxy) is 2. The SMILES string of the molecule is COc1cccc(C[NH+](C)CC(=O)NC(c2ccccc2)c2ccccc2)c1OC. The minimum Gasteiger partial charge on any atom is -0.493 e. The largest absolute Gasteiger partial charge is 0.493 e. The molecule has 1 unspecified atom stereocenters. The summed E-state index contributed by atoms with van der Waals surface area (Å²) in [5.41, 5.74) is 3.12. The van der Waals surface area contributed by atoms with Crippen LogP contribution in [0.5, 0.6) is 11.5 Å². The second kappa shape index (κ2) is 10.5. The first kappa shape index (κ1) is 21.4. The normalized spacial score (nSPS) is 11.7. The zero-order chi connectivity index (χ0) is 21.3. The zero-order valence-corrected chi connectivity index (χ0v) is 17.7. The van der Waals surface area contributed by atoms with Crippen molar-refractivity contribution < 1.29 is 19.2 Å². The number of methoxy groups -OCH3 is 2. The molecule has 3 aromatic carbocycles. The minimum absolute atomic E-state index is 0.00734. The van der Waals surface area contributed by atoms with Crippen molar-refractivity contribution in [3.63, 3.8) is 0 Å². The van der Waals surface area contributed by atoms with Crippen molar-refractivity contribution in [1.29, 1.82) is 0 Å². The summed E-state index contributed by atoms with van der Waals surface area (Å²) >= 11 is 0. The first-order valence-corrected chi connectivity index (χ1v) is 10.0. The van der Waals surface area contributed by atoms with Crippen molar-refractivity contribution >= 4 is 5.91 Å². The van der Waals surface area contributed by atoms with Crippen molar-refractivity contribution in [2.75, 3.05) is 27.8 Å². The molecule has 1 atom stereocenters. The van der Waals surface area contributed by atoms with Crippen LogP contribution in [0.15, 0.2) is 78.9 Å². The number of para-hydroxylation sites is 1. The zero-order valence-electron chi connectivity index (χ0n) is 17.7. The first-order chi connectivity index (χ1) is 14.6. The fourth-order valence-electron chi connectivity index (χ4n) is 3.62. The van der Waals surface area contributed by atoms with Gasteiger partial charge in [-0.15, -0.1) is 0 Å². The molecule has 0 aliphatic carbocycles. The Morgan fingerprint density at radius 1 is 0.867 bits per heavy atom. The Hall–Kier alpha value is -3.31. The van der Waals surface area contributed by atoms with E-state index in [1.165, 1.54) is 0 Å². The minimum atomic E-state index is -0.181. The number of rotatable bonds is 9. The molecule has 30 heavy (non-hydrogen) atoms. The van der Waals surface area contributed by atoms with Gasteiger partial charge in [-0.05, 0) is 23.3 Å². The molecule has 0 bridgehead atoms. The molecule has 3 rings (SSSR count). The third-order valence-electron chi connectivity index (χ3n) is 5.01. The Bertz CT molecular complexity index is 906. The van der Waals surface area contributed by atoms with E-state index in [1.54, 1.807) is 14.2 Å². The highest BCUT2D eigenvalue weighted by molar-refractivity contribution is 5.78. The third-order valence-corrected chi connectivity index (χ3v) is 5.01. The maximum Gasteiger partial charge on any atom is 0.275 e. The number of hydrogen-bond donors (Lipinski definition) is 2. The van der Waals surface area contributed by atoms with E-state index in [2.05, 4.69) is 5.32 Å². The molecule has 0 fully saturated rings. The van der Waals surface area contributed by atoms with Crippen LogP contribution in [0.2, 0.25) is 0 Å². The third kappa shape index (κ3) is 5.39. The summed E-state index contributed by atoms with van der Waals surface area (Å²) in [6.07, 6.45) is 0. The lowest BCUT2D eigenvalue weighted by molar-refractivity contribution is -0.885. The lowest BCUT2D eigenvalue weighted by Crippen LogP contribution is -3.08. The smallest absolute Gasteiger partial charge is 0.275 e. The van der Waals surface area contributed by atoms with E-state index in [1.807, 2.05) is 85.9 Å². The van der Waals surface area contributed by atoms with Gasteiger partial charge in [-0.3, -0.25) is 4.79 Å². The fraction of sp³-hybridized carbons (Fsp3) is 0.240. The van der Waals surface area contributed by atoms with E-state index in [0.29, 0.717) is 24.6 Å². The molecule has 0 saturated carbocycles. The van der Waals surface area contributed by atoms with Crippen molar-refractivity contribution in [3.05, 3.63) is 95.6 Å². The van der Waals surface area contributed by atoms with Gasteiger partial charge in [-0.25, -0.2) is 0 Å². The number of nitrogens with one attached hydrogen (secondary N) is 2. The van der Waals surface area contributed by atoms with Gasteiger partial charge in [0.2, 0.25) is 0 Å². The summed E-state index contributed by atoms with van der Waals surface area (Å²) in [6, 6.07) is 25.7. The molecule has 0 heterocycles. The average Bonchev–Trinajstić information content (AvgIpc) is 2.78. The van der Waals surface area contributed by atoms with Gasteiger partial charge in [0, 0.05) is 0 Å². The number of quaternary nitrogens is 1. The molecule has 156 valence electrons. The summed E-state index contributed by atoms with van der Waals surface area (Å²) in [4.78, 5) is 13.9. The summed E-state index contributed by atoms with van der Waals surface area (Å²) < 4.78 is 10.9. The molecule has 5 nitrogen and oxygen atoms in total. The Labute approximate surface area is 178 Å². The van der Waals surface area contributed by atoms with Crippen LogP contribution in [0.1, 0.15) is 22.7 Å². The maximum atomic E-state index is 12.9. The van der Waals surface area contributed by atoms with E-state index in [0.717, 1.165) is 21.6 Å². The van der Waals surface area contributed by atoms with Gasteiger partial charge in [0.15, 0.2) is 18.0 Å². The summed E-state index contributed by atoms with van der Waals surface area (Å²) in [5, 5.41) is 3.20. The molecule has 0 aliphatic rings. The molecule has 0 aromatic heterocycles. The van der Waals surface area contributed by atoms with E-state index in [-0.39, 0.29) is 11.9 Å². The summed E-state index contributed by atoms with van der Waals surface area (Å²) in [6.45, 7) is 0.992. The van der Waals surface area contributed by atoms with Gasteiger partial charge in [-0.2, -0.15) is 0 Å². The van der Waals surface area contributed by atoms with Gasteiger partial charge in [0.1, 0.15) is 6.54 Å². The number of hydrogen-bond acceptors (Lipinski definition) is 3. The van der Waals surface area contributed by atoms with Gasteiger partial charge in [0.05, 0.1) is 32.9 Å². The van der Waals surface area contributed by atoms with Crippen LogP contribution in [-0.2, 0) is 11.3 Å². The standard InChI is InChI=1S/C25H28N2O3/c1-27(17-21-15-10-16-22(29-2)25(21)30-3)18-23(28)26-24(19-11-6-4-7-12-19)20-13-8-5-9-14-20/h4-16,24H,17-18H2,1-3H3,(H,26,28)/p+1. The molecule has 0 aliphatic heterocycles. The molecule has 0 saturated heterocycles. The van der Waals surface area contributed by atoms with Crippen LogP contribution in [0.4, 0.5) is 0 Å². The predicted octanol–water partition coefficient (Wildman–Crippen LogP) is 2.62.